The Hall–Kier alpha value is -1.97. The molecular formula is C13H21N5O3S. The average Bonchev–Trinajstić information content (AvgIpc) is 2.49. The highest BCUT2D eigenvalue weighted by atomic mass is 32.2. The number of hydrogen-bond donors (Lipinski definition) is 5. The Morgan fingerprint density at radius 3 is 2.73 bits per heavy atom. The zero-order valence-electron chi connectivity index (χ0n) is 12.1. The summed E-state index contributed by atoms with van der Waals surface area (Å²) in [6.45, 7) is 0.503. The van der Waals surface area contributed by atoms with Crippen LogP contribution in [0.3, 0.4) is 0 Å². The highest BCUT2D eigenvalue weighted by Crippen LogP contribution is 2.11. The molecule has 7 N–H and O–H groups in total. The van der Waals surface area contributed by atoms with Gasteiger partial charge in [-0.1, -0.05) is 18.2 Å². The van der Waals surface area contributed by atoms with Gasteiger partial charge in [-0.05, 0) is 25.0 Å². The zero-order valence-corrected chi connectivity index (χ0v) is 12.9. The summed E-state index contributed by atoms with van der Waals surface area (Å²) >= 11 is 1.03. The molecule has 0 aliphatic heterocycles. The van der Waals surface area contributed by atoms with Crippen molar-refractivity contribution in [2.45, 2.75) is 18.9 Å². The van der Waals surface area contributed by atoms with E-state index in [0.29, 0.717) is 19.4 Å². The quantitative estimate of drug-likeness (QED) is 0.100. The maximum absolute atomic E-state index is 11.1. The molecule has 0 heterocycles. The number of benzene rings is 1. The van der Waals surface area contributed by atoms with Gasteiger partial charge in [0.15, 0.2) is 5.96 Å². The summed E-state index contributed by atoms with van der Waals surface area (Å²) in [6.07, 6.45) is 0.976. The van der Waals surface area contributed by atoms with Crippen molar-refractivity contribution in [1.29, 1.82) is 0 Å². The lowest BCUT2D eigenvalue weighted by molar-refractivity contribution is -0.140. The van der Waals surface area contributed by atoms with E-state index < -0.39 is 12.0 Å². The normalized spacial score (nSPS) is 11.6. The standard InChI is InChI=1S/C13H21N5O3S/c14-13(15)16-8-4-7-11(12(19)20)17-9-21-22-18-10-5-2-1-3-6-10/h1-3,5-6,11,17-18H,4,7-9H2,(H,19,20)(H4,14,15,16)/t11-/m0/s1. The number of carbonyl (C=O) groups is 1. The Kier molecular flexibility index (Phi) is 8.80. The van der Waals surface area contributed by atoms with Crippen LogP contribution >= 0.6 is 12.2 Å². The monoisotopic (exact) mass is 327 g/mol. The summed E-state index contributed by atoms with van der Waals surface area (Å²) in [5.41, 5.74) is 11.3. The molecule has 0 saturated heterocycles. The second-order valence-electron chi connectivity index (χ2n) is 4.36. The van der Waals surface area contributed by atoms with Crippen LogP contribution < -0.4 is 21.5 Å². The molecule has 9 heteroatoms. The Morgan fingerprint density at radius 1 is 1.36 bits per heavy atom. The summed E-state index contributed by atoms with van der Waals surface area (Å²) in [6, 6.07) is 8.81. The molecule has 22 heavy (non-hydrogen) atoms. The first kappa shape index (κ1) is 18.1. The molecule has 8 nitrogen and oxygen atoms in total. The van der Waals surface area contributed by atoms with Crippen molar-refractivity contribution in [3.63, 3.8) is 0 Å². The van der Waals surface area contributed by atoms with Crippen molar-refractivity contribution in [3.8, 4) is 0 Å². The number of aliphatic imine (C=N–C) groups is 1. The summed E-state index contributed by atoms with van der Waals surface area (Å²) in [4.78, 5) is 14.9. The molecule has 0 bridgehead atoms. The Labute approximate surface area is 133 Å². The van der Waals surface area contributed by atoms with Crippen molar-refractivity contribution < 1.29 is 14.1 Å². The number of hydrogen-bond acceptors (Lipinski definition) is 6. The van der Waals surface area contributed by atoms with E-state index in [0.717, 1.165) is 17.9 Å². The minimum atomic E-state index is -0.936. The fraction of sp³-hybridized carbons (Fsp3) is 0.385. The summed E-state index contributed by atoms with van der Waals surface area (Å²) < 4.78 is 8.20. The van der Waals surface area contributed by atoms with Crippen LogP contribution in [0, 0.1) is 0 Å². The van der Waals surface area contributed by atoms with E-state index in [1.54, 1.807) is 0 Å². The van der Waals surface area contributed by atoms with Gasteiger partial charge in [0.25, 0.3) is 0 Å². The molecule has 1 aromatic rings. The number of nitrogens with zero attached hydrogens (tertiary/aromatic N) is 1. The third kappa shape index (κ3) is 8.35. The van der Waals surface area contributed by atoms with Gasteiger partial charge in [-0.3, -0.25) is 19.3 Å². The third-order valence-electron chi connectivity index (χ3n) is 2.62. The molecule has 0 aliphatic rings. The van der Waals surface area contributed by atoms with Crippen molar-refractivity contribution in [3.05, 3.63) is 30.3 Å². The highest BCUT2D eigenvalue weighted by Gasteiger charge is 2.15. The lowest BCUT2D eigenvalue weighted by Gasteiger charge is -2.13. The molecule has 0 aromatic heterocycles. The molecule has 1 atom stereocenters. The first-order valence-electron chi connectivity index (χ1n) is 6.70. The number of carboxylic acids is 1. The van der Waals surface area contributed by atoms with E-state index in [4.69, 9.17) is 20.8 Å². The first-order valence-corrected chi connectivity index (χ1v) is 7.45. The number of rotatable bonds is 11. The fourth-order valence-electron chi connectivity index (χ4n) is 1.56. The van der Waals surface area contributed by atoms with Crippen LogP contribution in [0.2, 0.25) is 0 Å². The molecule has 0 radical (unpaired) electrons. The SMILES string of the molecule is NC(N)=NCCC[C@H](NCOSNc1ccccc1)C(=O)O. The Balaban J connectivity index is 2.16. The molecule has 0 spiro atoms. The molecule has 0 fully saturated rings. The summed E-state index contributed by atoms with van der Waals surface area (Å²) in [7, 11) is 0. The number of guanidine groups is 1. The highest BCUT2D eigenvalue weighted by molar-refractivity contribution is 7.96. The van der Waals surface area contributed by atoms with E-state index in [1.165, 1.54) is 0 Å². The number of anilines is 1. The Bertz CT molecular complexity index is 468. The second-order valence-corrected chi connectivity index (χ2v) is 4.96. The number of nitrogens with one attached hydrogen (secondary N) is 2. The van der Waals surface area contributed by atoms with Crippen molar-refractivity contribution in [1.82, 2.24) is 5.32 Å². The zero-order chi connectivity index (χ0) is 16.2. The maximum Gasteiger partial charge on any atom is 0.320 e. The van der Waals surface area contributed by atoms with Crippen LogP contribution in [0.15, 0.2) is 35.3 Å². The maximum atomic E-state index is 11.1. The molecule has 0 saturated carbocycles. The molecule has 1 rings (SSSR count). The van der Waals surface area contributed by atoms with Gasteiger partial charge in [0, 0.05) is 12.2 Å². The summed E-state index contributed by atoms with van der Waals surface area (Å²) in [5, 5.41) is 11.9. The predicted molar refractivity (Wildman–Crippen MR) is 88.1 cm³/mol. The van der Waals surface area contributed by atoms with Crippen LogP contribution in [0.25, 0.3) is 0 Å². The number of para-hydroxylation sites is 1. The second kappa shape index (κ2) is 10.7. The number of nitrogens with two attached hydrogens (primary N) is 2. The van der Waals surface area contributed by atoms with Crippen molar-refractivity contribution in [2.75, 3.05) is 18.0 Å². The molecule has 0 amide bonds. The van der Waals surface area contributed by atoms with Gasteiger partial charge in [0.05, 0.1) is 0 Å². The fourth-order valence-corrected chi connectivity index (χ4v) is 1.98. The smallest absolute Gasteiger partial charge is 0.320 e. The van der Waals surface area contributed by atoms with E-state index in [9.17, 15) is 4.79 Å². The lowest BCUT2D eigenvalue weighted by atomic mass is 10.1. The molecule has 0 unspecified atom stereocenters. The number of carboxylic acid groups (broad SMARTS) is 1. The van der Waals surface area contributed by atoms with E-state index in [-0.39, 0.29) is 12.7 Å². The predicted octanol–water partition coefficient (Wildman–Crippen LogP) is 0.732. The molecule has 0 aliphatic carbocycles. The Morgan fingerprint density at radius 2 is 2.09 bits per heavy atom. The molecule has 122 valence electrons. The van der Waals surface area contributed by atoms with Gasteiger partial charge < -0.3 is 21.3 Å². The van der Waals surface area contributed by atoms with Crippen LogP contribution in [-0.2, 0) is 8.98 Å². The average molecular weight is 327 g/mol. The third-order valence-corrected chi connectivity index (χ3v) is 3.18. The number of aliphatic carboxylic acids is 1. The van der Waals surface area contributed by atoms with Gasteiger partial charge in [0.2, 0.25) is 0 Å². The van der Waals surface area contributed by atoms with E-state index in [1.807, 2.05) is 30.3 Å². The first-order chi connectivity index (χ1) is 10.6. The lowest BCUT2D eigenvalue weighted by Crippen LogP contribution is -2.37. The molecule has 1 aromatic carbocycles. The van der Waals surface area contributed by atoms with E-state index in [2.05, 4.69) is 15.0 Å². The van der Waals surface area contributed by atoms with Crippen LogP contribution in [0.5, 0.6) is 0 Å². The van der Waals surface area contributed by atoms with Crippen LogP contribution in [0.1, 0.15) is 12.8 Å². The van der Waals surface area contributed by atoms with Crippen molar-refractivity contribution in [2.24, 2.45) is 16.5 Å². The van der Waals surface area contributed by atoms with Gasteiger partial charge in [-0.2, -0.15) is 0 Å². The van der Waals surface area contributed by atoms with Gasteiger partial charge >= 0.3 is 5.97 Å². The van der Waals surface area contributed by atoms with Crippen LogP contribution in [0.4, 0.5) is 5.69 Å². The molecular weight excluding hydrogens is 306 g/mol. The largest absolute Gasteiger partial charge is 0.480 e. The minimum absolute atomic E-state index is 0.00607. The summed E-state index contributed by atoms with van der Waals surface area (Å²) in [5.74, 6) is -0.930. The topological polar surface area (TPSA) is 135 Å². The van der Waals surface area contributed by atoms with Gasteiger partial charge in [0.1, 0.15) is 25.0 Å². The van der Waals surface area contributed by atoms with Gasteiger partial charge in [-0.15, -0.1) is 0 Å². The van der Waals surface area contributed by atoms with Crippen molar-refractivity contribution >= 4 is 29.8 Å². The van der Waals surface area contributed by atoms with E-state index >= 15 is 0 Å². The van der Waals surface area contributed by atoms with Gasteiger partial charge in [-0.25, -0.2) is 0 Å². The van der Waals surface area contributed by atoms with Crippen LogP contribution in [-0.4, -0.2) is 36.4 Å². The minimum Gasteiger partial charge on any atom is -0.480 e.